The van der Waals surface area contributed by atoms with Crippen LogP contribution < -0.4 is 21.9 Å². The van der Waals surface area contributed by atoms with Gasteiger partial charge in [0.2, 0.25) is 10.2 Å². The smallest absolute Gasteiger partial charge is 0.198 e. The number of halogens is 24. The van der Waals surface area contributed by atoms with Crippen LogP contribution in [-0.4, -0.2) is 25.3 Å². The zero-order chi connectivity index (χ0) is 52.7. The molecule has 3 nitrogen and oxygen atoms in total. The second-order valence-corrected chi connectivity index (χ2v) is 17.3. The first-order valence-electron chi connectivity index (χ1n) is 18.1. The van der Waals surface area contributed by atoms with Crippen molar-refractivity contribution in [2.45, 2.75) is 68.7 Å². The Morgan fingerprint density at radius 3 is 0.735 bits per heavy atom. The predicted octanol–water partition coefficient (Wildman–Crippen LogP) is 12.6. The predicted molar refractivity (Wildman–Crippen MR) is 195 cm³/mol. The van der Waals surface area contributed by atoms with Crippen molar-refractivity contribution < 1.29 is 114 Å². The summed E-state index contributed by atoms with van der Waals surface area (Å²) >= 11 is 0. The lowest BCUT2D eigenvalue weighted by Crippen LogP contribution is -2.75. The van der Waals surface area contributed by atoms with Gasteiger partial charge in [0.25, 0.3) is 0 Å². The van der Waals surface area contributed by atoms with Crippen molar-refractivity contribution in [2.75, 3.05) is 19.1 Å². The molecule has 0 saturated carbocycles. The molecule has 4 aromatic rings. The molecule has 68 heavy (non-hydrogen) atoms. The summed E-state index contributed by atoms with van der Waals surface area (Å²) in [5, 5.41) is 8.18. The number of unbranched alkanes of at least 4 members (excludes halogenated alkanes) is 2. The Hall–Kier alpha value is -5.14. The maximum atomic E-state index is 14.2. The van der Waals surface area contributed by atoms with Crippen molar-refractivity contribution in [1.82, 2.24) is 0 Å². The minimum Gasteiger partial charge on any atom is -0.198 e. The average Bonchev–Trinajstić information content (AvgIpc) is 3.15. The van der Waals surface area contributed by atoms with E-state index in [1.54, 1.807) is 12.5 Å². The third-order valence-electron chi connectivity index (χ3n) is 9.49. The zero-order valence-corrected chi connectivity index (χ0v) is 34.4. The maximum absolute atomic E-state index is 14.2. The summed E-state index contributed by atoms with van der Waals surface area (Å²) in [6, 6.07) is -6.77. The van der Waals surface area contributed by atoms with Crippen LogP contribution in [0.2, 0.25) is 0 Å². The van der Waals surface area contributed by atoms with Gasteiger partial charge in [0.05, 0.1) is 50.6 Å². The fourth-order valence-electron chi connectivity index (χ4n) is 6.64. The van der Waals surface area contributed by atoms with E-state index >= 15 is 0 Å². The molecule has 0 atom stereocenters. The molecule has 0 unspecified atom stereocenters. The molecule has 0 bridgehead atoms. The molecule has 0 fully saturated rings. The van der Waals surface area contributed by atoms with E-state index in [4.69, 9.17) is 9.44 Å². The molecule has 0 N–H and O–H groups in total. The van der Waals surface area contributed by atoms with Crippen LogP contribution in [0.1, 0.15) is 63.8 Å². The van der Waals surface area contributed by atoms with E-state index in [0.29, 0.717) is 13.0 Å². The molecule has 0 aromatic heterocycles. The standard InChI is InChI=1S/C32H12BF24.C7H14NO2S/c34-25(35,36)13-1-14(26(37,38)39)6-21(5-13)33(22-7-15(27(40,41)42)2-16(8-22)28(43,44)45,23-9-17(29(46,47)48)3-18(10-23)30(49,50)51)24-11-19(31(52,53)54)4-20(12-24)32(55,56)57;1-11(2,9)10-7-5-3-4-6-8/h1-12H;3-5,7H2,1-2H3/q-1;+1. The molecule has 4 rings (SSSR count). The van der Waals surface area contributed by atoms with Gasteiger partial charge in [-0.15, -0.1) is 0 Å². The Labute approximate surface area is 368 Å². The molecule has 0 aliphatic rings. The lowest BCUT2D eigenvalue weighted by Gasteiger charge is -2.46. The van der Waals surface area contributed by atoms with Crippen LogP contribution in [-0.2, 0) is 68.0 Å². The highest BCUT2D eigenvalue weighted by molar-refractivity contribution is 7.97. The van der Waals surface area contributed by atoms with Gasteiger partial charge < -0.3 is 0 Å². The second kappa shape index (κ2) is 19.3. The van der Waals surface area contributed by atoms with Crippen LogP contribution in [0.25, 0.3) is 0 Å². The van der Waals surface area contributed by atoms with Gasteiger partial charge in [-0.25, -0.2) is 0 Å². The minimum absolute atomic E-state index is 0.494. The first-order valence-corrected chi connectivity index (χ1v) is 20.4. The number of hydrogen-bond donors (Lipinski definition) is 0. The molecule has 0 radical (unpaired) electrons. The van der Waals surface area contributed by atoms with Crippen LogP contribution in [0, 0.1) is 11.3 Å². The largest absolute Gasteiger partial charge is 0.416 e. The van der Waals surface area contributed by atoms with Crippen LogP contribution in [0.15, 0.2) is 72.8 Å². The van der Waals surface area contributed by atoms with Crippen molar-refractivity contribution in [2.24, 2.45) is 0 Å². The van der Waals surface area contributed by atoms with Crippen LogP contribution in [0.3, 0.4) is 0 Å². The number of hydrogen-bond acceptors (Lipinski definition) is 3. The highest BCUT2D eigenvalue weighted by Gasteiger charge is 2.47. The summed E-state index contributed by atoms with van der Waals surface area (Å²) in [7, 11) is -2.04. The van der Waals surface area contributed by atoms with E-state index in [9.17, 15) is 110 Å². The van der Waals surface area contributed by atoms with E-state index in [1.165, 1.54) is 0 Å². The van der Waals surface area contributed by atoms with E-state index in [-0.39, 0.29) is 0 Å². The van der Waals surface area contributed by atoms with E-state index in [0.717, 1.165) is 12.8 Å². The molecule has 0 heterocycles. The third-order valence-corrected chi connectivity index (χ3v) is 10.2. The highest BCUT2D eigenvalue weighted by Crippen LogP contribution is 2.41. The Morgan fingerprint density at radius 2 is 0.588 bits per heavy atom. The van der Waals surface area contributed by atoms with Gasteiger partial charge in [-0.3, -0.25) is 0 Å². The lowest BCUT2D eigenvalue weighted by atomic mass is 9.12. The first-order chi connectivity index (χ1) is 30.3. The van der Waals surface area contributed by atoms with Crippen LogP contribution in [0.4, 0.5) is 105 Å². The van der Waals surface area contributed by atoms with Gasteiger partial charge in [0.1, 0.15) is 25.3 Å². The topological polar surface area (TPSA) is 50.1 Å². The van der Waals surface area contributed by atoms with E-state index < -0.39 is 205 Å². The van der Waals surface area contributed by atoms with Crippen molar-refractivity contribution in [3.63, 3.8) is 0 Å². The molecule has 4 aromatic carbocycles. The summed E-state index contributed by atoms with van der Waals surface area (Å²) in [5.41, 5.74) is -30.2. The maximum Gasteiger partial charge on any atom is 0.416 e. The third kappa shape index (κ3) is 14.4. The quantitative estimate of drug-likeness (QED) is 0.0726. The number of alkyl halides is 24. The molecule has 29 heteroatoms. The molecule has 0 saturated heterocycles. The van der Waals surface area contributed by atoms with E-state index in [2.05, 4.69) is 0 Å². The summed E-state index contributed by atoms with van der Waals surface area (Å²) in [4.78, 5) is 0. The lowest BCUT2D eigenvalue weighted by molar-refractivity contribution is -0.144. The highest BCUT2D eigenvalue weighted by atomic mass is 32.3. The Kier molecular flexibility index (Phi) is 16.3. The summed E-state index contributed by atoms with van der Waals surface area (Å²) in [6.45, 7) is 0.494. The summed E-state index contributed by atoms with van der Waals surface area (Å²) in [5.74, 6) is 0. The molecular formula is C39H26BF24NO2S. The van der Waals surface area contributed by atoms with Gasteiger partial charge >= 0.3 is 49.4 Å². The SMILES string of the molecule is C[S+](C)(=O)OCCCCC#N.FC(F)(F)c1cc([B-](c2cc(C(F)(F)F)cc(C(F)(F)F)c2)(c2cc(C(F)(F)F)cc(C(F)(F)F)c2)c2cc(C(F)(F)F)cc(C(F)(F)F)c2)cc(C(F)(F)F)c1. The van der Waals surface area contributed by atoms with Gasteiger partial charge in [-0.05, 0) is 37.1 Å². The Balaban J connectivity index is 0.000000985. The average molecular weight is 1040 g/mol. The van der Waals surface area contributed by atoms with Crippen LogP contribution >= 0.6 is 0 Å². The summed E-state index contributed by atoms with van der Waals surface area (Å²) < 4.78 is 357. The van der Waals surface area contributed by atoms with Crippen molar-refractivity contribution in [1.29, 1.82) is 5.26 Å². The Bertz CT molecular complexity index is 2080. The Morgan fingerprint density at radius 1 is 0.397 bits per heavy atom. The van der Waals surface area contributed by atoms with E-state index in [1.807, 2.05) is 6.07 Å². The molecule has 0 aliphatic carbocycles. The van der Waals surface area contributed by atoms with Crippen molar-refractivity contribution >= 4 is 38.2 Å². The number of rotatable bonds is 9. The van der Waals surface area contributed by atoms with Gasteiger partial charge in [-0.1, -0.05) is 52.7 Å². The monoisotopic (exact) mass is 1040 g/mol. The normalized spacial score (nSPS) is 13.8. The van der Waals surface area contributed by atoms with Crippen molar-refractivity contribution in [3.8, 4) is 6.07 Å². The molecule has 0 amide bonds. The van der Waals surface area contributed by atoms with Gasteiger partial charge in [0, 0.05) is 6.42 Å². The number of nitrogens with zero attached hydrogens (tertiary/aromatic N) is 1. The molecular weight excluding hydrogens is 1010 g/mol. The minimum atomic E-state index is -6.13. The fraction of sp³-hybridized carbons (Fsp3) is 0.359. The van der Waals surface area contributed by atoms with Gasteiger partial charge in [0.15, 0.2) is 0 Å². The fourth-order valence-corrected chi connectivity index (χ4v) is 7.16. The number of benzene rings is 4. The molecule has 0 spiro atoms. The first kappa shape index (κ1) is 57.2. The number of nitriles is 1. The summed E-state index contributed by atoms with van der Waals surface area (Å²) in [6.07, 6.45) is -49.5. The second-order valence-electron chi connectivity index (χ2n) is 14.8. The van der Waals surface area contributed by atoms with Crippen LogP contribution in [0.5, 0.6) is 0 Å². The van der Waals surface area contributed by atoms with Gasteiger partial charge in [-0.2, -0.15) is 137 Å². The van der Waals surface area contributed by atoms with Crippen molar-refractivity contribution in [3.05, 3.63) is 117 Å². The molecule has 0 aliphatic heterocycles. The molecule has 376 valence electrons. The zero-order valence-electron chi connectivity index (χ0n) is 33.6.